The van der Waals surface area contributed by atoms with Crippen LogP contribution in [0.3, 0.4) is 0 Å². The summed E-state index contributed by atoms with van der Waals surface area (Å²) in [6.07, 6.45) is -5.88. The minimum atomic E-state index is -5.02. The Kier molecular flexibility index (Phi) is 5.80. The number of benzene rings is 1. The van der Waals surface area contributed by atoms with Gasteiger partial charge in [-0.1, -0.05) is 6.07 Å². The molecule has 12 heteroatoms. The summed E-state index contributed by atoms with van der Waals surface area (Å²) in [5.41, 5.74) is 0.331. The second-order valence-corrected chi connectivity index (χ2v) is 6.40. The van der Waals surface area contributed by atoms with Gasteiger partial charge in [-0.2, -0.15) is 4.98 Å². The van der Waals surface area contributed by atoms with Gasteiger partial charge in [-0.15, -0.1) is 13.2 Å². The summed E-state index contributed by atoms with van der Waals surface area (Å²) in [5.74, 6) is -2.97. The van der Waals surface area contributed by atoms with Crippen molar-refractivity contribution < 1.29 is 41.5 Å². The van der Waals surface area contributed by atoms with Crippen LogP contribution < -0.4 is 9.47 Å². The Hall–Kier alpha value is -3.05. The van der Waals surface area contributed by atoms with Gasteiger partial charge in [0.1, 0.15) is 0 Å². The van der Waals surface area contributed by atoms with Gasteiger partial charge < -0.3 is 24.0 Å². The van der Waals surface area contributed by atoms with E-state index in [2.05, 4.69) is 14.9 Å². The van der Waals surface area contributed by atoms with Crippen LogP contribution in [0.4, 0.5) is 22.4 Å². The molecule has 2 aromatic rings. The summed E-state index contributed by atoms with van der Waals surface area (Å²) in [4.78, 5) is 16.7. The number of nitrogens with zero attached hydrogens (tertiary/aromatic N) is 3. The fourth-order valence-electron chi connectivity index (χ4n) is 3.23. The highest BCUT2D eigenvalue weighted by Gasteiger charge is 2.36. The minimum Gasteiger partial charge on any atom is -0.465 e. The molecule has 1 aromatic heterocycles. The lowest BCUT2D eigenvalue weighted by molar-refractivity contribution is -0.275. The minimum absolute atomic E-state index is 0.0196. The molecule has 1 amide bonds. The van der Waals surface area contributed by atoms with Crippen LogP contribution in [-0.4, -0.2) is 52.3 Å². The van der Waals surface area contributed by atoms with Crippen LogP contribution in [0.25, 0.3) is 0 Å². The molecule has 158 valence electrons. The van der Waals surface area contributed by atoms with E-state index in [0.717, 1.165) is 17.0 Å². The number of likely N-dealkylation sites (tertiary alicyclic amines) is 1. The molecule has 0 saturated carbocycles. The van der Waals surface area contributed by atoms with E-state index in [9.17, 15) is 27.5 Å². The molecule has 0 spiro atoms. The molecule has 1 aliphatic heterocycles. The predicted molar refractivity (Wildman–Crippen MR) is 88.2 cm³/mol. The first-order valence-corrected chi connectivity index (χ1v) is 8.65. The van der Waals surface area contributed by atoms with Crippen molar-refractivity contribution in [1.82, 2.24) is 15.0 Å². The molecule has 29 heavy (non-hydrogen) atoms. The molecule has 0 radical (unpaired) electrons. The molecule has 3 rings (SSSR count). The van der Waals surface area contributed by atoms with Gasteiger partial charge in [0.15, 0.2) is 11.6 Å². The number of carboxylic acid groups (broad SMARTS) is 1. The van der Waals surface area contributed by atoms with Gasteiger partial charge in [-0.05, 0) is 36.2 Å². The molecular weight excluding hydrogens is 402 g/mol. The van der Waals surface area contributed by atoms with Crippen LogP contribution >= 0.6 is 0 Å². The molecule has 0 aliphatic carbocycles. The van der Waals surface area contributed by atoms with Crippen molar-refractivity contribution in [3.05, 3.63) is 35.5 Å². The van der Waals surface area contributed by atoms with Crippen molar-refractivity contribution >= 4 is 6.09 Å². The van der Waals surface area contributed by atoms with Crippen molar-refractivity contribution in [3.63, 3.8) is 0 Å². The average molecular weight is 419 g/mol. The first-order chi connectivity index (χ1) is 13.7. The van der Waals surface area contributed by atoms with Gasteiger partial charge in [0, 0.05) is 19.0 Å². The quantitative estimate of drug-likeness (QED) is 0.737. The van der Waals surface area contributed by atoms with Crippen LogP contribution in [-0.2, 0) is 0 Å². The van der Waals surface area contributed by atoms with Crippen molar-refractivity contribution in [2.24, 2.45) is 0 Å². The maximum atomic E-state index is 14.1. The topological polar surface area (TPSA) is 97.9 Å². The van der Waals surface area contributed by atoms with E-state index < -0.39 is 35.9 Å². The van der Waals surface area contributed by atoms with E-state index in [1.807, 2.05) is 0 Å². The first-order valence-electron chi connectivity index (χ1n) is 8.65. The summed E-state index contributed by atoms with van der Waals surface area (Å²) in [5, 5.41) is 13.1. The highest BCUT2D eigenvalue weighted by molar-refractivity contribution is 5.65. The Morgan fingerprint density at radius 1 is 1.34 bits per heavy atom. The SMILES string of the molecule is CCOc1noc(C2CC(c3ccc(OC(F)(F)F)c(F)c3)CN(C(=O)O)C2)n1. The summed E-state index contributed by atoms with van der Waals surface area (Å²) in [6, 6.07) is 3.07. The van der Waals surface area contributed by atoms with Crippen molar-refractivity contribution in [2.75, 3.05) is 19.7 Å². The third-order valence-corrected chi connectivity index (χ3v) is 4.42. The molecule has 1 fully saturated rings. The van der Waals surface area contributed by atoms with E-state index in [-0.39, 0.29) is 25.0 Å². The zero-order chi connectivity index (χ0) is 21.2. The third kappa shape index (κ3) is 5.06. The van der Waals surface area contributed by atoms with Gasteiger partial charge in [-0.25, -0.2) is 9.18 Å². The Morgan fingerprint density at radius 2 is 2.07 bits per heavy atom. The van der Waals surface area contributed by atoms with Gasteiger partial charge in [0.2, 0.25) is 5.89 Å². The van der Waals surface area contributed by atoms with Gasteiger partial charge in [0.05, 0.1) is 12.5 Å². The second kappa shape index (κ2) is 8.13. The summed E-state index contributed by atoms with van der Waals surface area (Å²) in [7, 11) is 0. The van der Waals surface area contributed by atoms with E-state index in [1.54, 1.807) is 6.92 Å². The highest BCUT2D eigenvalue weighted by Crippen LogP contribution is 2.37. The number of ether oxygens (including phenoxy) is 2. The lowest BCUT2D eigenvalue weighted by Gasteiger charge is -2.35. The number of piperidine rings is 1. The fraction of sp³-hybridized carbons (Fsp3) is 0.471. The number of rotatable bonds is 5. The largest absolute Gasteiger partial charge is 0.573 e. The molecule has 8 nitrogen and oxygen atoms in total. The standard InChI is InChI=1S/C17H17F4N3O5/c1-2-27-15-22-14(29-23-15)11-5-10(7-24(8-11)16(25)26)9-3-4-13(12(18)6-9)28-17(19,20)21/h3-4,6,10-11H,2,5,7-8H2,1H3,(H,25,26). The number of amides is 1. The van der Waals surface area contributed by atoms with Crippen LogP contribution in [0, 0.1) is 5.82 Å². The normalized spacial score (nSPS) is 19.8. The Bertz CT molecular complexity index is 873. The maximum Gasteiger partial charge on any atom is 0.573 e. The Balaban J connectivity index is 1.83. The monoisotopic (exact) mass is 419 g/mol. The number of halogens is 4. The molecule has 1 N–H and O–H groups in total. The van der Waals surface area contributed by atoms with E-state index in [1.165, 1.54) is 6.07 Å². The van der Waals surface area contributed by atoms with Gasteiger partial charge >= 0.3 is 18.5 Å². The van der Waals surface area contributed by atoms with Crippen molar-refractivity contribution in [1.29, 1.82) is 0 Å². The lowest BCUT2D eigenvalue weighted by atomic mass is 9.84. The van der Waals surface area contributed by atoms with Gasteiger partial charge in [0.25, 0.3) is 0 Å². The lowest BCUT2D eigenvalue weighted by Crippen LogP contribution is -2.41. The predicted octanol–water partition coefficient (Wildman–Crippen LogP) is 3.76. The molecule has 2 atom stereocenters. The zero-order valence-corrected chi connectivity index (χ0v) is 15.1. The molecule has 2 unspecified atom stereocenters. The Labute approximate surface area is 162 Å². The average Bonchev–Trinajstić information content (AvgIpc) is 3.11. The molecule has 1 aromatic carbocycles. The summed E-state index contributed by atoms with van der Waals surface area (Å²) >= 11 is 0. The molecule has 2 heterocycles. The summed E-state index contributed by atoms with van der Waals surface area (Å²) < 4.78 is 64.9. The van der Waals surface area contributed by atoms with Crippen LogP contribution in [0.15, 0.2) is 22.7 Å². The maximum absolute atomic E-state index is 14.1. The highest BCUT2D eigenvalue weighted by atomic mass is 19.4. The van der Waals surface area contributed by atoms with Crippen molar-refractivity contribution in [3.8, 4) is 11.8 Å². The van der Waals surface area contributed by atoms with Crippen LogP contribution in [0.5, 0.6) is 11.8 Å². The van der Waals surface area contributed by atoms with E-state index in [0.29, 0.717) is 18.6 Å². The van der Waals surface area contributed by atoms with Crippen LogP contribution in [0.2, 0.25) is 0 Å². The van der Waals surface area contributed by atoms with Crippen LogP contribution in [0.1, 0.15) is 36.6 Å². The van der Waals surface area contributed by atoms with Crippen molar-refractivity contribution in [2.45, 2.75) is 31.5 Å². The zero-order valence-electron chi connectivity index (χ0n) is 15.1. The first kappa shape index (κ1) is 20.7. The molecule has 1 aliphatic rings. The number of hydrogen-bond donors (Lipinski definition) is 1. The molecular formula is C17H17F4N3O5. The number of carbonyl (C=O) groups is 1. The molecule has 1 saturated heterocycles. The number of alkyl halides is 3. The van der Waals surface area contributed by atoms with E-state index >= 15 is 0 Å². The summed E-state index contributed by atoms with van der Waals surface area (Å²) in [6.45, 7) is 2.17. The third-order valence-electron chi connectivity index (χ3n) is 4.42. The Morgan fingerprint density at radius 3 is 2.69 bits per heavy atom. The van der Waals surface area contributed by atoms with Gasteiger partial charge in [-0.3, -0.25) is 0 Å². The number of aromatic nitrogens is 2. The molecule has 0 bridgehead atoms. The van der Waals surface area contributed by atoms with E-state index in [4.69, 9.17) is 9.26 Å². The second-order valence-electron chi connectivity index (χ2n) is 6.40. The fourth-order valence-corrected chi connectivity index (χ4v) is 3.23. The number of hydrogen-bond acceptors (Lipinski definition) is 6. The smallest absolute Gasteiger partial charge is 0.465 e.